The maximum Gasteiger partial charge on any atom is 0.222 e. The molecule has 0 unspecified atom stereocenters. The molecule has 0 amide bonds. The fourth-order valence-electron chi connectivity index (χ4n) is 1.23. The molecule has 0 saturated carbocycles. The van der Waals surface area contributed by atoms with Crippen LogP contribution in [0.4, 0.5) is 26.2 Å². The molecule has 88 valence electrons. The molecule has 1 heterocycles. The highest BCUT2D eigenvalue weighted by Crippen LogP contribution is 2.23. The first-order chi connectivity index (χ1) is 8.04. The van der Waals surface area contributed by atoms with E-state index < -0.39 is 11.6 Å². The number of nitrogen functional groups attached to an aromatic ring is 1. The number of hydrogen-bond donors (Lipinski definition) is 2. The molecule has 7 heteroatoms. The smallest absolute Gasteiger partial charge is 0.222 e. The van der Waals surface area contributed by atoms with E-state index in [4.69, 9.17) is 17.3 Å². The number of halogens is 3. The van der Waals surface area contributed by atoms with Crippen LogP contribution in [0, 0.1) is 11.6 Å². The zero-order valence-electron chi connectivity index (χ0n) is 8.42. The Morgan fingerprint density at radius 1 is 1.18 bits per heavy atom. The summed E-state index contributed by atoms with van der Waals surface area (Å²) in [5.74, 6) is -1.21. The molecular weight excluding hydrogens is 250 g/mol. The minimum absolute atomic E-state index is 0.00813. The Balaban J connectivity index is 2.34. The normalized spacial score (nSPS) is 10.3. The van der Waals surface area contributed by atoms with Gasteiger partial charge in [0.05, 0.1) is 6.20 Å². The molecule has 0 radical (unpaired) electrons. The fourth-order valence-corrected chi connectivity index (χ4v) is 1.37. The van der Waals surface area contributed by atoms with Crippen LogP contribution in [0.25, 0.3) is 0 Å². The molecule has 3 N–H and O–H groups in total. The van der Waals surface area contributed by atoms with E-state index in [0.29, 0.717) is 0 Å². The van der Waals surface area contributed by atoms with Gasteiger partial charge in [-0.1, -0.05) is 11.6 Å². The van der Waals surface area contributed by atoms with Gasteiger partial charge in [-0.15, -0.1) is 0 Å². The molecular formula is C10H7ClF2N4. The van der Waals surface area contributed by atoms with E-state index in [0.717, 1.165) is 18.2 Å². The highest BCUT2D eigenvalue weighted by Gasteiger charge is 2.06. The van der Waals surface area contributed by atoms with Crippen molar-refractivity contribution in [2.75, 3.05) is 11.1 Å². The lowest BCUT2D eigenvalue weighted by Gasteiger charge is -2.07. The number of aromatic nitrogens is 2. The molecule has 2 rings (SSSR count). The Morgan fingerprint density at radius 3 is 2.47 bits per heavy atom. The second-order valence-corrected chi connectivity index (χ2v) is 3.62. The van der Waals surface area contributed by atoms with Gasteiger partial charge < -0.3 is 11.1 Å². The molecule has 17 heavy (non-hydrogen) atoms. The molecule has 1 aromatic carbocycles. The molecule has 1 aromatic heterocycles. The molecule has 4 nitrogen and oxygen atoms in total. The molecule has 0 spiro atoms. The SMILES string of the molecule is Nc1ncc(Cl)c(Nc2cc(F)cc(F)c2)n1. The van der Waals surface area contributed by atoms with Gasteiger partial charge in [0.25, 0.3) is 0 Å². The van der Waals surface area contributed by atoms with E-state index in [1.807, 2.05) is 0 Å². The second-order valence-electron chi connectivity index (χ2n) is 3.21. The lowest BCUT2D eigenvalue weighted by Crippen LogP contribution is -2.00. The minimum atomic E-state index is -0.703. The summed E-state index contributed by atoms with van der Waals surface area (Å²) in [4.78, 5) is 7.47. The molecule has 0 aliphatic rings. The quantitative estimate of drug-likeness (QED) is 0.867. The predicted octanol–water partition coefficient (Wildman–Crippen LogP) is 2.73. The average Bonchev–Trinajstić information content (AvgIpc) is 2.22. The van der Waals surface area contributed by atoms with Gasteiger partial charge in [0, 0.05) is 11.8 Å². The standard InChI is InChI=1S/C10H7ClF2N4/c11-8-4-15-10(14)17-9(8)16-7-2-5(12)1-6(13)3-7/h1-4H,(H3,14,15,16,17). The van der Waals surface area contributed by atoms with Crippen LogP contribution in [-0.2, 0) is 0 Å². The third-order valence-electron chi connectivity index (χ3n) is 1.89. The number of nitrogens with one attached hydrogen (secondary N) is 1. The number of anilines is 3. The van der Waals surface area contributed by atoms with Crippen molar-refractivity contribution in [2.45, 2.75) is 0 Å². The second kappa shape index (κ2) is 4.50. The van der Waals surface area contributed by atoms with Crippen LogP contribution >= 0.6 is 11.6 Å². The van der Waals surface area contributed by atoms with Gasteiger partial charge in [0.15, 0.2) is 5.82 Å². The first-order valence-electron chi connectivity index (χ1n) is 4.56. The van der Waals surface area contributed by atoms with E-state index in [1.165, 1.54) is 6.20 Å². The van der Waals surface area contributed by atoms with Crippen LogP contribution in [0.3, 0.4) is 0 Å². The van der Waals surface area contributed by atoms with Gasteiger partial charge in [0.1, 0.15) is 16.7 Å². The molecule has 0 fully saturated rings. The van der Waals surface area contributed by atoms with E-state index >= 15 is 0 Å². The van der Waals surface area contributed by atoms with Crippen molar-refractivity contribution in [3.8, 4) is 0 Å². The summed E-state index contributed by atoms with van der Waals surface area (Å²) in [7, 11) is 0. The predicted molar refractivity (Wildman–Crippen MR) is 61.1 cm³/mol. The Bertz CT molecular complexity index is 542. The zero-order valence-corrected chi connectivity index (χ0v) is 9.17. The van der Waals surface area contributed by atoms with Gasteiger partial charge in [-0.2, -0.15) is 4.98 Å². The number of hydrogen-bond acceptors (Lipinski definition) is 4. The number of rotatable bonds is 2. The van der Waals surface area contributed by atoms with Crippen molar-refractivity contribution in [3.63, 3.8) is 0 Å². The largest absolute Gasteiger partial charge is 0.368 e. The first kappa shape index (κ1) is 11.5. The van der Waals surface area contributed by atoms with Crippen molar-refractivity contribution >= 4 is 29.1 Å². The number of nitrogens with zero attached hydrogens (tertiary/aromatic N) is 2. The lowest BCUT2D eigenvalue weighted by atomic mass is 10.3. The minimum Gasteiger partial charge on any atom is -0.368 e. The summed E-state index contributed by atoms with van der Waals surface area (Å²) in [5, 5.41) is 2.85. The maximum absolute atomic E-state index is 12.9. The maximum atomic E-state index is 12.9. The van der Waals surface area contributed by atoms with E-state index in [1.54, 1.807) is 0 Å². The van der Waals surface area contributed by atoms with Crippen molar-refractivity contribution < 1.29 is 8.78 Å². The zero-order chi connectivity index (χ0) is 12.4. The van der Waals surface area contributed by atoms with E-state index in [9.17, 15) is 8.78 Å². The fraction of sp³-hybridized carbons (Fsp3) is 0. The van der Waals surface area contributed by atoms with Crippen molar-refractivity contribution in [3.05, 3.63) is 41.1 Å². The molecule has 0 atom stereocenters. The highest BCUT2D eigenvalue weighted by atomic mass is 35.5. The number of benzene rings is 1. The summed E-state index contributed by atoms with van der Waals surface area (Å²) in [6.07, 6.45) is 1.29. The third kappa shape index (κ3) is 2.79. The van der Waals surface area contributed by atoms with Crippen molar-refractivity contribution in [2.24, 2.45) is 0 Å². The Morgan fingerprint density at radius 2 is 1.82 bits per heavy atom. The van der Waals surface area contributed by atoms with Crippen LogP contribution in [0.5, 0.6) is 0 Å². The lowest BCUT2D eigenvalue weighted by molar-refractivity contribution is 0.584. The molecule has 0 aliphatic heterocycles. The van der Waals surface area contributed by atoms with Crippen LogP contribution in [0.1, 0.15) is 0 Å². The van der Waals surface area contributed by atoms with Crippen LogP contribution in [-0.4, -0.2) is 9.97 Å². The molecule has 0 saturated heterocycles. The molecule has 0 aliphatic carbocycles. The third-order valence-corrected chi connectivity index (χ3v) is 2.16. The van der Waals surface area contributed by atoms with Gasteiger partial charge in [-0.25, -0.2) is 13.8 Å². The van der Waals surface area contributed by atoms with Gasteiger partial charge in [-0.3, -0.25) is 0 Å². The summed E-state index contributed by atoms with van der Waals surface area (Å²) in [5.41, 5.74) is 5.55. The van der Waals surface area contributed by atoms with Crippen LogP contribution < -0.4 is 11.1 Å². The van der Waals surface area contributed by atoms with Crippen LogP contribution in [0.2, 0.25) is 5.02 Å². The van der Waals surface area contributed by atoms with Gasteiger partial charge in [0.2, 0.25) is 5.95 Å². The van der Waals surface area contributed by atoms with E-state index in [-0.39, 0.29) is 22.5 Å². The molecule has 2 aromatic rings. The van der Waals surface area contributed by atoms with E-state index in [2.05, 4.69) is 15.3 Å². The monoisotopic (exact) mass is 256 g/mol. The summed E-state index contributed by atoms with van der Waals surface area (Å²) >= 11 is 5.80. The number of nitrogens with two attached hydrogens (primary N) is 1. The Hall–Kier alpha value is -1.95. The van der Waals surface area contributed by atoms with Gasteiger partial charge in [-0.05, 0) is 12.1 Å². The topological polar surface area (TPSA) is 63.8 Å². The average molecular weight is 257 g/mol. The van der Waals surface area contributed by atoms with Crippen molar-refractivity contribution in [1.82, 2.24) is 9.97 Å². The Kier molecular flexibility index (Phi) is 3.06. The van der Waals surface area contributed by atoms with Gasteiger partial charge >= 0.3 is 0 Å². The summed E-state index contributed by atoms with van der Waals surface area (Å²) in [6.45, 7) is 0. The molecule has 0 bridgehead atoms. The first-order valence-corrected chi connectivity index (χ1v) is 4.93. The summed E-state index contributed by atoms with van der Waals surface area (Å²) < 4.78 is 25.9. The highest BCUT2D eigenvalue weighted by molar-refractivity contribution is 6.32. The Labute approximate surface area is 100 Å². The van der Waals surface area contributed by atoms with Crippen LogP contribution in [0.15, 0.2) is 24.4 Å². The van der Waals surface area contributed by atoms with Crippen molar-refractivity contribution in [1.29, 1.82) is 0 Å². The summed E-state index contributed by atoms with van der Waals surface area (Å²) in [6, 6.07) is 2.98.